The lowest BCUT2D eigenvalue weighted by molar-refractivity contribution is -0.385. The highest BCUT2D eigenvalue weighted by Crippen LogP contribution is 2.32. The van der Waals surface area contributed by atoms with E-state index in [0.29, 0.717) is 5.82 Å². The molecule has 0 aliphatic carbocycles. The van der Waals surface area contributed by atoms with Gasteiger partial charge in [-0.05, 0) is 27.7 Å². The predicted molar refractivity (Wildman–Crippen MR) is 63.4 cm³/mol. The molecule has 0 radical (unpaired) electrons. The van der Waals surface area contributed by atoms with Gasteiger partial charge in [0.05, 0.1) is 12.0 Å². The van der Waals surface area contributed by atoms with Crippen LogP contribution >= 0.6 is 0 Å². The van der Waals surface area contributed by atoms with Gasteiger partial charge >= 0.3 is 5.69 Å². The van der Waals surface area contributed by atoms with Crippen molar-refractivity contribution in [1.82, 2.24) is 9.97 Å². The summed E-state index contributed by atoms with van der Waals surface area (Å²) in [6, 6.07) is 0. The average Bonchev–Trinajstić information content (AvgIpc) is 2.12. The zero-order valence-electron chi connectivity index (χ0n) is 10.6. The van der Waals surface area contributed by atoms with E-state index in [-0.39, 0.29) is 22.9 Å². The fourth-order valence-electron chi connectivity index (χ4n) is 1.29. The normalized spacial score (nSPS) is 11.1. The molecule has 0 atom stereocenters. The highest BCUT2D eigenvalue weighted by atomic mass is 16.6. The van der Waals surface area contributed by atoms with Gasteiger partial charge < -0.3 is 10.1 Å². The Kier molecular flexibility index (Phi) is 3.50. The quantitative estimate of drug-likeness (QED) is 0.641. The Morgan fingerprint density at radius 2 is 1.94 bits per heavy atom. The minimum absolute atomic E-state index is 0.0331. The fraction of sp³-hybridized carbons (Fsp3) is 0.600. The van der Waals surface area contributed by atoms with Gasteiger partial charge in [0.25, 0.3) is 5.88 Å². The number of nitrogens with zero attached hydrogens (tertiary/aromatic N) is 3. The third-order valence-electron chi connectivity index (χ3n) is 1.83. The van der Waals surface area contributed by atoms with Crippen LogP contribution in [0, 0.1) is 17.0 Å². The number of aromatic nitrogens is 2. The van der Waals surface area contributed by atoms with Gasteiger partial charge in [-0.3, -0.25) is 10.1 Å². The largest absolute Gasteiger partial charge is 0.476 e. The van der Waals surface area contributed by atoms with E-state index in [1.165, 1.54) is 7.11 Å². The zero-order chi connectivity index (χ0) is 13.2. The molecule has 0 aromatic carbocycles. The number of hydrogen-bond donors (Lipinski definition) is 1. The predicted octanol–water partition coefficient (Wildman–Crippen LogP) is 1.91. The fourth-order valence-corrected chi connectivity index (χ4v) is 1.29. The maximum atomic E-state index is 11.0. The van der Waals surface area contributed by atoms with Crippen molar-refractivity contribution in [3.8, 4) is 5.88 Å². The second-order valence-corrected chi connectivity index (χ2v) is 4.61. The van der Waals surface area contributed by atoms with Crippen LogP contribution in [0.5, 0.6) is 5.88 Å². The number of anilines is 1. The van der Waals surface area contributed by atoms with Gasteiger partial charge in [-0.1, -0.05) is 0 Å². The van der Waals surface area contributed by atoms with E-state index in [0.717, 1.165) is 0 Å². The minimum atomic E-state index is -0.549. The number of methoxy groups -OCH3 is 1. The summed E-state index contributed by atoms with van der Waals surface area (Å²) in [6.45, 7) is 7.32. The summed E-state index contributed by atoms with van der Waals surface area (Å²) >= 11 is 0. The monoisotopic (exact) mass is 240 g/mol. The molecule has 94 valence electrons. The van der Waals surface area contributed by atoms with Crippen molar-refractivity contribution in [2.45, 2.75) is 33.2 Å². The minimum Gasteiger partial charge on any atom is -0.476 e. The summed E-state index contributed by atoms with van der Waals surface area (Å²) in [6.07, 6.45) is 0. The summed E-state index contributed by atoms with van der Waals surface area (Å²) < 4.78 is 4.91. The lowest BCUT2D eigenvalue weighted by Gasteiger charge is -2.21. The number of ether oxygens (including phenoxy) is 1. The molecule has 0 saturated heterocycles. The molecule has 1 N–H and O–H groups in total. The number of hydrogen-bond acceptors (Lipinski definition) is 6. The Morgan fingerprint density at radius 3 is 2.35 bits per heavy atom. The summed E-state index contributed by atoms with van der Waals surface area (Å²) in [4.78, 5) is 18.4. The highest BCUT2D eigenvalue weighted by molar-refractivity contribution is 5.62. The van der Waals surface area contributed by atoms with E-state index >= 15 is 0 Å². The summed E-state index contributed by atoms with van der Waals surface area (Å²) in [5, 5.41) is 14.0. The van der Waals surface area contributed by atoms with Crippen molar-refractivity contribution in [2.75, 3.05) is 12.4 Å². The number of aryl methyl sites for hydroxylation is 1. The molecule has 17 heavy (non-hydrogen) atoms. The molecule has 0 amide bonds. The van der Waals surface area contributed by atoms with Gasteiger partial charge in [0, 0.05) is 5.54 Å². The highest BCUT2D eigenvalue weighted by Gasteiger charge is 2.27. The second-order valence-electron chi connectivity index (χ2n) is 4.61. The third kappa shape index (κ3) is 3.27. The van der Waals surface area contributed by atoms with Crippen LogP contribution < -0.4 is 10.1 Å². The number of nitro groups is 1. The van der Waals surface area contributed by atoms with Crippen LogP contribution in [-0.4, -0.2) is 27.5 Å². The summed E-state index contributed by atoms with van der Waals surface area (Å²) in [5.74, 6) is 0.556. The van der Waals surface area contributed by atoms with Gasteiger partial charge in [0.2, 0.25) is 5.82 Å². The molecule has 1 aromatic rings. The lowest BCUT2D eigenvalue weighted by Crippen LogP contribution is -2.27. The van der Waals surface area contributed by atoms with Gasteiger partial charge in [0.15, 0.2) is 0 Å². The van der Waals surface area contributed by atoms with Crippen LogP contribution in [0.15, 0.2) is 0 Å². The van der Waals surface area contributed by atoms with Crippen LogP contribution in [-0.2, 0) is 0 Å². The molecule has 0 saturated carbocycles. The van der Waals surface area contributed by atoms with Gasteiger partial charge in [0.1, 0.15) is 5.82 Å². The molecule has 0 bridgehead atoms. The van der Waals surface area contributed by atoms with E-state index in [2.05, 4.69) is 15.3 Å². The SMILES string of the molecule is COc1nc(C)nc(NC(C)(C)C)c1[N+](=O)[O-]. The lowest BCUT2D eigenvalue weighted by atomic mass is 10.1. The summed E-state index contributed by atoms with van der Waals surface area (Å²) in [7, 11) is 1.34. The Labute approximate surface area is 99.4 Å². The van der Waals surface area contributed by atoms with Crippen molar-refractivity contribution in [1.29, 1.82) is 0 Å². The molecule has 0 aliphatic heterocycles. The summed E-state index contributed by atoms with van der Waals surface area (Å²) in [5.41, 5.74) is -0.579. The zero-order valence-corrected chi connectivity index (χ0v) is 10.6. The van der Waals surface area contributed by atoms with Crippen LogP contribution in [0.25, 0.3) is 0 Å². The van der Waals surface area contributed by atoms with E-state index in [4.69, 9.17) is 4.74 Å². The van der Waals surface area contributed by atoms with Crippen molar-refractivity contribution in [2.24, 2.45) is 0 Å². The van der Waals surface area contributed by atoms with Crippen LogP contribution in [0.3, 0.4) is 0 Å². The molecule has 1 aromatic heterocycles. The Bertz CT molecular complexity index is 440. The van der Waals surface area contributed by atoms with Crippen LogP contribution in [0.2, 0.25) is 0 Å². The molecule has 1 rings (SSSR count). The van der Waals surface area contributed by atoms with E-state index in [1.54, 1.807) is 6.92 Å². The van der Waals surface area contributed by atoms with Gasteiger partial charge in [-0.25, -0.2) is 4.98 Å². The first-order valence-corrected chi connectivity index (χ1v) is 5.10. The molecule has 0 aliphatic rings. The Hall–Kier alpha value is -1.92. The van der Waals surface area contributed by atoms with E-state index < -0.39 is 4.92 Å². The molecular formula is C10H16N4O3. The van der Waals surface area contributed by atoms with Crippen molar-refractivity contribution < 1.29 is 9.66 Å². The standard InChI is InChI=1S/C10H16N4O3/c1-6-11-8(13-10(2,3)4)7(14(15)16)9(12-6)17-5/h1-5H3,(H,11,12,13). The molecule has 0 spiro atoms. The molecule has 7 nitrogen and oxygen atoms in total. The van der Waals surface area contributed by atoms with Crippen molar-refractivity contribution >= 4 is 11.5 Å². The van der Waals surface area contributed by atoms with E-state index in [1.807, 2.05) is 20.8 Å². The molecule has 0 unspecified atom stereocenters. The van der Waals surface area contributed by atoms with Crippen LogP contribution in [0.4, 0.5) is 11.5 Å². The van der Waals surface area contributed by atoms with Crippen LogP contribution in [0.1, 0.15) is 26.6 Å². The second kappa shape index (κ2) is 4.52. The first-order chi connectivity index (χ1) is 7.74. The van der Waals surface area contributed by atoms with Crippen molar-refractivity contribution in [3.05, 3.63) is 15.9 Å². The molecule has 0 fully saturated rings. The number of nitrogens with one attached hydrogen (secondary N) is 1. The topological polar surface area (TPSA) is 90.2 Å². The van der Waals surface area contributed by atoms with Gasteiger partial charge in [-0.2, -0.15) is 4.98 Å². The molecule has 1 heterocycles. The molecule has 7 heteroatoms. The third-order valence-corrected chi connectivity index (χ3v) is 1.83. The Balaban J connectivity index is 3.35. The smallest absolute Gasteiger partial charge is 0.372 e. The van der Waals surface area contributed by atoms with Gasteiger partial charge in [-0.15, -0.1) is 0 Å². The average molecular weight is 240 g/mol. The number of rotatable bonds is 3. The molecular weight excluding hydrogens is 224 g/mol. The first-order valence-electron chi connectivity index (χ1n) is 5.10. The maximum Gasteiger partial charge on any atom is 0.372 e. The maximum absolute atomic E-state index is 11.0. The Morgan fingerprint density at radius 1 is 1.35 bits per heavy atom. The van der Waals surface area contributed by atoms with E-state index in [9.17, 15) is 10.1 Å². The van der Waals surface area contributed by atoms with Crippen molar-refractivity contribution in [3.63, 3.8) is 0 Å². The first kappa shape index (κ1) is 13.1.